The second-order valence-electron chi connectivity index (χ2n) is 6.37. The van der Waals surface area contributed by atoms with Gasteiger partial charge in [-0.05, 0) is 54.4 Å². The average Bonchev–Trinajstić information content (AvgIpc) is 2.46. The SMILES string of the molecule is CCc1ccc(C(C)(O)c2ccc(C3CCC3)cc2)cc1. The Morgan fingerprint density at radius 3 is 1.90 bits per heavy atom. The van der Waals surface area contributed by atoms with Gasteiger partial charge in [0.1, 0.15) is 5.60 Å². The van der Waals surface area contributed by atoms with Gasteiger partial charge in [0.2, 0.25) is 0 Å². The fourth-order valence-corrected chi connectivity index (χ4v) is 3.05. The highest BCUT2D eigenvalue weighted by atomic mass is 16.3. The van der Waals surface area contributed by atoms with Crippen LogP contribution in [0.3, 0.4) is 0 Å². The molecule has 1 heteroatoms. The number of rotatable bonds is 4. The zero-order valence-electron chi connectivity index (χ0n) is 13.0. The summed E-state index contributed by atoms with van der Waals surface area (Å²) in [6.45, 7) is 4.03. The molecule has 1 saturated carbocycles. The highest BCUT2D eigenvalue weighted by molar-refractivity contribution is 5.38. The van der Waals surface area contributed by atoms with Gasteiger partial charge in [-0.2, -0.15) is 0 Å². The van der Waals surface area contributed by atoms with Crippen molar-refractivity contribution in [3.8, 4) is 0 Å². The first kappa shape index (κ1) is 14.3. The van der Waals surface area contributed by atoms with E-state index in [0.29, 0.717) is 0 Å². The van der Waals surface area contributed by atoms with Crippen LogP contribution in [0.2, 0.25) is 0 Å². The Bertz CT molecular complexity index is 589. The van der Waals surface area contributed by atoms with Crippen LogP contribution in [0, 0.1) is 0 Å². The van der Waals surface area contributed by atoms with Crippen LogP contribution in [0.1, 0.15) is 61.3 Å². The van der Waals surface area contributed by atoms with Crippen molar-refractivity contribution in [3.05, 3.63) is 70.8 Å². The molecule has 21 heavy (non-hydrogen) atoms. The quantitative estimate of drug-likeness (QED) is 0.855. The van der Waals surface area contributed by atoms with Gasteiger partial charge >= 0.3 is 0 Å². The zero-order valence-corrected chi connectivity index (χ0v) is 13.0. The summed E-state index contributed by atoms with van der Waals surface area (Å²) in [6, 6.07) is 16.8. The zero-order chi connectivity index (χ0) is 14.9. The summed E-state index contributed by atoms with van der Waals surface area (Å²) < 4.78 is 0. The summed E-state index contributed by atoms with van der Waals surface area (Å²) in [6.07, 6.45) is 5.01. The van der Waals surface area contributed by atoms with Gasteiger partial charge in [-0.15, -0.1) is 0 Å². The lowest BCUT2D eigenvalue weighted by atomic mass is 9.79. The molecule has 1 aliphatic rings. The topological polar surface area (TPSA) is 20.2 Å². The molecule has 2 aromatic rings. The molecule has 1 aliphatic carbocycles. The van der Waals surface area contributed by atoms with Gasteiger partial charge in [-0.25, -0.2) is 0 Å². The van der Waals surface area contributed by atoms with Gasteiger partial charge in [0.25, 0.3) is 0 Å². The molecule has 3 rings (SSSR count). The van der Waals surface area contributed by atoms with E-state index in [0.717, 1.165) is 23.5 Å². The van der Waals surface area contributed by atoms with Crippen LogP contribution < -0.4 is 0 Å². The van der Waals surface area contributed by atoms with Crippen LogP contribution in [0.25, 0.3) is 0 Å². The molecule has 0 amide bonds. The Kier molecular flexibility index (Phi) is 3.86. The van der Waals surface area contributed by atoms with E-state index in [1.54, 1.807) is 0 Å². The van der Waals surface area contributed by atoms with Gasteiger partial charge in [0, 0.05) is 0 Å². The molecule has 0 saturated heterocycles. The van der Waals surface area contributed by atoms with Crippen molar-refractivity contribution in [1.29, 1.82) is 0 Å². The molecule has 0 radical (unpaired) electrons. The summed E-state index contributed by atoms with van der Waals surface area (Å²) in [7, 11) is 0. The van der Waals surface area contributed by atoms with E-state index < -0.39 is 5.60 Å². The Labute approximate surface area is 127 Å². The molecule has 1 unspecified atom stereocenters. The lowest BCUT2D eigenvalue weighted by Crippen LogP contribution is -2.23. The molecular weight excluding hydrogens is 256 g/mol. The molecule has 1 atom stereocenters. The molecule has 0 aromatic heterocycles. The summed E-state index contributed by atoms with van der Waals surface area (Å²) in [5.74, 6) is 0.743. The van der Waals surface area contributed by atoms with Gasteiger partial charge < -0.3 is 5.11 Å². The van der Waals surface area contributed by atoms with Crippen LogP contribution in [0.4, 0.5) is 0 Å². The van der Waals surface area contributed by atoms with E-state index in [-0.39, 0.29) is 0 Å². The molecule has 110 valence electrons. The maximum atomic E-state index is 10.9. The second-order valence-corrected chi connectivity index (χ2v) is 6.37. The van der Waals surface area contributed by atoms with E-state index >= 15 is 0 Å². The number of benzene rings is 2. The molecular formula is C20H24O. The normalized spacial score (nSPS) is 18.0. The highest BCUT2D eigenvalue weighted by Gasteiger charge is 2.26. The first-order valence-electron chi connectivity index (χ1n) is 8.03. The van der Waals surface area contributed by atoms with E-state index in [2.05, 4.69) is 43.3 Å². The fraction of sp³-hybridized carbons (Fsp3) is 0.400. The number of aryl methyl sites for hydroxylation is 1. The third kappa shape index (κ3) is 2.75. The lowest BCUT2D eigenvalue weighted by molar-refractivity contribution is 0.102. The predicted molar refractivity (Wildman–Crippen MR) is 87.5 cm³/mol. The van der Waals surface area contributed by atoms with E-state index in [1.165, 1.54) is 30.4 Å². The Hall–Kier alpha value is -1.60. The molecule has 0 spiro atoms. The van der Waals surface area contributed by atoms with Gasteiger partial charge in [-0.3, -0.25) is 0 Å². The summed E-state index contributed by atoms with van der Waals surface area (Å²) in [4.78, 5) is 0. The third-order valence-corrected chi connectivity index (χ3v) is 4.97. The standard InChI is InChI=1S/C20H24O/c1-3-15-7-11-18(12-8-15)20(2,21)19-13-9-17(10-14-19)16-5-4-6-16/h7-14,16,21H,3-6H2,1-2H3. The minimum Gasteiger partial charge on any atom is -0.381 e. The Morgan fingerprint density at radius 1 is 0.952 bits per heavy atom. The molecule has 1 fully saturated rings. The minimum atomic E-state index is -0.926. The van der Waals surface area contributed by atoms with Crippen molar-refractivity contribution < 1.29 is 5.11 Å². The van der Waals surface area contributed by atoms with Gasteiger partial charge in [0.15, 0.2) is 0 Å². The number of hydrogen-bond acceptors (Lipinski definition) is 1. The lowest BCUT2D eigenvalue weighted by Gasteiger charge is -2.28. The maximum absolute atomic E-state index is 10.9. The van der Waals surface area contributed by atoms with Crippen LogP contribution >= 0.6 is 0 Å². The number of hydrogen-bond donors (Lipinski definition) is 1. The van der Waals surface area contributed by atoms with Crippen molar-refractivity contribution in [2.45, 2.75) is 51.0 Å². The van der Waals surface area contributed by atoms with Crippen molar-refractivity contribution in [3.63, 3.8) is 0 Å². The maximum Gasteiger partial charge on any atom is 0.112 e. The predicted octanol–water partition coefficient (Wildman–Crippen LogP) is 4.77. The third-order valence-electron chi connectivity index (χ3n) is 4.97. The molecule has 1 N–H and O–H groups in total. The molecule has 2 aromatic carbocycles. The van der Waals surface area contributed by atoms with E-state index in [4.69, 9.17) is 0 Å². The molecule has 1 nitrogen and oxygen atoms in total. The summed E-state index contributed by atoms with van der Waals surface area (Å²) in [5.41, 5.74) is 3.72. The smallest absolute Gasteiger partial charge is 0.112 e. The molecule has 0 aliphatic heterocycles. The van der Waals surface area contributed by atoms with Crippen molar-refractivity contribution in [2.75, 3.05) is 0 Å². The average molecular weight is 280 g/mol. The fourth-order valence-electron chi connectivity index (χ4n) is 3.05. The highest BCUT2D eigenvalue weighted by Crippen LogP contribution is 2.37. The van der Waals surface area contributed by atoms with E-state index in [1.807, 2.05) is 19.1 Å². The largest absolute Gasteiger partial charge is 0.381 e. The van der Waals surface area contributed by atoms with Crippen LogP contribution in [-0.2, 0) is 12.0 Å². The first-order valence-corrected chi connectivity index (χ1v) is 8.03. The molecule has 0 bridgehead atoms. The summed E-state index contributed by atoms with van der Waals surface area (Å²) >= 11 is 0. The van der Waals surface area contributed by atoms with Crippen LogP contribution in [-0.4, -0.2) is 5.11 Å². The first-order chi connectivity index (χ1) is 10.1. The minimum absolute atomic E-state index is 0.743. The Balaban J connectivity index is 1.85. The van der Waals surface area contributed by atoms with Crippen molar-refractivity contribution in [2.24, 2.45) is 0 Å². The van der Waals surface area contributed by atoms with Crippen LogP contribution in [0.5, 0.6) is 0 Å². The van der Waals surface area contributed by atoms with Gasteiger partial charge in [0.05, 0.1) is 0 Å². The van der Waals surface area contributed by atoms with E-state index in [9.17, 15) is 5.11 Å². The Morgan fingerprint density at radius 2 is 1.48 bits per heavy atom. The monoisotopic (exact) mass is 280 g/mol. The number of aliphatic hydroxyl groups is 1. The molecule has 0 heterocycles. The van der Waals surface area contributed by atoms with Gasteiger partial charge in [-0.1, -0.05) is 61.9 Å². The van der Waals surface area contributed by atoms with Crippen molar-refractivity contribution >= 4 is 0 Å². The second kappa shape index (κ2) is 5.65. The van der Waals surface area contributed by atoms with Crippen molar-refractivity contribution in [1.82, 2.24) is 0 Å². The summed E-state index contributed by atoms with van der Waals surface area (Å²) in [5, 5.41) is 10.9. The van der Waals surface area contributed by atoms with Crippen LogP contribution in [0.15, 0.2) is 48.5 Å².